The minimum Gasteiger partial charge on any atom is -0.481 e. The van der Waals surface area contributed by atoms with Crippen molar-refractivity contribution >= 4 is 5.97 Å². The van der Waals surface area contributed by atoms with Gasteiger partial charge in [-0.2, -0.15) is 0 Å². The highest BCUT2D eigenvalue weighted by Crippen LogP contribution is 2.02. The highest BCUT2D eigenvalue weighted by molar-refractivity contribution is 5.66. The maximum atomic E-state index is 10.2. The number of aryl methyl sites for hydroxylation is 1. The Kier molecular flexibility index (Phi) is 5.48. The van der Waals surface area contributed by atoms with Crippen LogP contribution < -0.4 is 0 Å². The molecular weight excluding hydrogens is 192 g/mol. The van der Waals surface area contributed by atoms with Gasteiger partial charge >= 0.3 is 5.97 Å². The van der Waals surface area contributed by atoms with Gasteiger partial charge in [0.25, 0.3) is 0 Å². The van der Waals surface area contributed by atoms with Crippen LogP contribution in [0.15, 0.2) is 30.3 Å². The van der Waals surface area contributed by atoms with Crippen molar-refractivity contribution in [1.82, 2.24) is 0 Å². The predicted octanol–water partition coefficient (Wildman–Crippen LogP) is 2.11. The topological polar surface area (TPSA) is 46.5 Å². The molecule has 15 heavy (non-hydrogen) atoms. The maximum Gasteiger partial charge on any atom is 0.305 e. The summed E-state index contributed by atoms with van der Waals surface area (Å²) in [4.78, 5) is 10.2. The molecule has 3 heteroatoms. The molecule has 0 aliphatic rings. The zero-order valence-electron chi connectivity index (χ0n) is 8.69. The third kappa shape index (κ3) is 5.86. The van der Waals surface area contributed by atoms with Gasteiger partial charge in [0.15, 0.2) is 0 Å². The molecule has 0 amide bonds. The van der Waals surface area contributed by atoms with Gasteiger partial charge in [-0.05, 0) is 18.4 Å². The van der Waals surface area contributed by atoms with E-state index in [9.17, 15) is 4.79 Å². The largest absolute Gasteiger partial charge is 0.481 e. The molecule has 0 aliphatic carbocycles. The highest BCUT2D eigenvalue weighted by Gasteiger charge is 1.96. The van der Waals surface area contributed by atoms with E-state index < -0.39 is 5.97 Å². The Hall–Kier alpha value is -1.35. The van der Waals surface area contributed by atoms with E-state index in [2.05, 4.69) is 12.1 Å². The van der Waals surface area contributed by atoms with Gasteiger partial charge in [-0.15, -0.1) is 0 Å². The molecule has 1 aromatic carbocycles. The van der Waals surface area contributed by atoms with Crippen LogP contribution in [0, 0.1) is 0 Å². The second-order valence-electron chi connectivity index (χ2n) is 3.35. The molecule has 3 nitrogen and oxygen atoms in total. The summed E-state index contributed by atoms with van der Waals surface area (Å²) in [6, 6.07) is 10.2. The Morgan fingerprint density at radius 1 is 1.20 bits per heavy atom. The summed E-state index contributed by atoms with van der Waals surface area (Å²) >= 11 is 0. The number of hydrogen-bond donors (Lipinski definition) is 1. The first kappa shape index (κ1) is 11.7. The summed E-state index contributed by atoms with van der Waals surface area (Å²) < 4.78 is 5.19. The smallest absolute Gasteiger partial charge is 0.305 e. The lowest BCUT2D eigenvalue weighted by Crippen LogP contribution is -2.04. The maximum absolute atomic E-state index is 10.2. The molecule has 0 aromatic heterocycles. The molecule has 0 radical (unpaired) electrons. The molecule has 0 spiro atoms. The number of ether oxygens (including phenoxy) is 1. The number of benzene rings is 1. The third-order valence-corrected chi connectivity index (χ3v) is 2.06. The SMILES string of the molecule is O=C(O)CCOCCCc1ccccc1. The lowest BCUT2D eigenvalue weighted by molar-refractivity contribution is -0.138. The Morgan fingerprint density at radius 2 is 1.93 bits per heavy atom. The summed E-state index contributed by atoms with van der Waals surface area (Å²) in [7, 11) is 0. The number of aliphatic carboxylic acids is 1. The molecule has 82 valence electrons. The minimum absolute atomic E-state index is 0.0886. The van der Waals surface area contributed by atoms with Gasteiger partial charge in [0.2, 0.25) is 0 Å². The Bertz CT molecular complexity index is 282. The molecule has 0 saturated heterocycles. The molecule has 0 saturated carbocycles. The van der Waals surface area contributed by atoms with Gasteiger partial charge in [0, 0.05) is 6.61 Å². The number of hydrogen-bond acceptors (Lipinski definition) is 2. The first-order valence-corrected chi connectivity index (χ1v) is 5.12. The Morgan fingerprint density at radius 3 is 2.60 bits per heavy atom. The predicted molar refractivity (Wildman–Crippen MR) is 57.8 cm³/mol. The van der Waals surface area contributed by atoms with E-state index >= 15 is 0 Å². The lowest BCUT2D eigenvalue weighted by Gasteiger charge is -2.02. The van der Waals surface area contributed by atoms with Crippen molar-refractivity contribution in [1.29, 1.82) is 0 Å². The number of carboxylic acids is 1. The number of carbonyl (C=O) groups is 1. The van der Waals surface area contributed by atoms with Crippen LogP contribution in [0.4, 0.5) is 0 Å². The van der Waals surface area contributed by atoms with Gasteiger partial charge in [0.05, 0.1) is 13.0 Å². The Balaban J connectivity index is 2.00. The van der Waals surface area contributed by atoms with Crippen molar-refractivity contribution in [2.45, 2.75) is 19.3 Å². The van der Waals surface area contributed by atoms with Crippen molar-refractivity contribution in [2.24, 2.45) is 0 Å². The first-order chi connectivity index (χ1) is 7.29. The summed E-state index contributed by atoms with van der Waals surface area (Å²) in [5.74, 6) is -0.807. The van der Waals surface area contributed by atoms with E-state index in [1.54, 1.807) is 0 Å². The standard InChI is InChI=1S/C12H16O3/c13-12(14)8-10-15-9-4-7-11-5-2-1-3-6-11/h1-3,5-6H,4,7-10H2,(H,13,14). The average molecular weight is 208 g/mol. The fourth-order valence-electron chi connectivity index (χ4n) is 1.28. The van der Waals surface area contributed by atoms with Crippen LogP contribution in [-0.4, -0.2) is 24.3 Å². The third-order valence-electron chi connectivity index (χ3n) is 2.06. The zero-order chi connectivity index (χ0) is 10.9. The van der Waals surface area contributed by atoms with Crippen LogP contribution in [0.1, 0.15) is 18.4 Å². The quantitative estimate of drug-likeness (QED) is 0.698. The number of rotatable bonds is 7. The van der Waals surface area contributed by atoms with Gasteiger partial charge < -0.3 is 9.84 Å². The molecule has 0 heterocycles. The fraction of sp³-hybridized carbons (Fsp3) is 0.417. The molecule has 0 unspecified atom stereocenters. The van der Waals surface area contributed by atoms with Gasteiger partial charge in [-0.25, -0.2) is 0 Å². The van der Waals surface area contributed by atoms with Crippen molar-refractivity contribution in [3.8, 4) is 0 Å². The van der Waals surface area contributed by atoms with Crippen LogP contribution in [0.5, 0.6) is 0 Å². The summed E-state index contributed by atoms with van der Waals surface area (Å²) in [5, 5.41) is 8.37. The van der Waals surface area contributed by atoms with Crippen LogP contribution in [0.2, 0.25) is 0 Å². The van der Waals surface area contributed by atoms with E-state index in [1.807, 2.05) is 18.2 Å². The van der Waals surface area contributed by atoms with Gasteiger partial charge in [0.1, 0.15) is 0 Å². The molecule has 0 bridgehead atoms. The molecular formula is C12H16O3. The molecule has 0 atom stereocenters. The second kappa shape index (κ2) is 7.01. The van der Waals surface area contributed by atoms with Crippen LogP contribution in [-0.2, 0) is 16.0 Å². The van der Waals surface area contributed by atoms with E-state index in [0.29, 0.717) is 13.2 Å². The van der Waals surface area contributed by atoms with E-state index in [-0.39, 0.29) is 6.42 Å². The number of carboxylic acid groups (broad SMARTS) is 1. The van der Waals surface area contributed by atoms with E-state index in [0.717, 1.165) is 12.8 Å². The lowest BCUT2D eigenvalue weighted by atomic mass is 10.1. The van der Waals surface area contributed by atoms with Crippen molar-refractivity contribution in [2.75, 3.05) is 13.2 Å². The van der Waals surface area contributed by atoms with Crippen molar-refractivity contribution in [3.05, 3.63) is 35.9 Å². The molecule has 0 fully saturated rings. The summed E-state index contributed by atoms with van der Waals surface area (Å²) in [6.07, 6.45) is 2.00. The molecule has 1 aromatic rings. The second-order valence-corrected chi connectivity index (χ2v) is 3.35. The minimum atomic E-state index is -0.807. The van der Waals surface area contributed by atoms with E-state index in [4.69, 9.17) is 9.84 Å². The Labute approximate surface area is 89.7 Å². The summed E-state index contributed by atoms with van der Waals surface area (Å²) in [5.41, 5.74) is 1.29. The van der Waals surface area contributed by atoms with Crippen LogP contribution in [0.3, 0.4) is 0 Å². The van der Waals surface area contributed by atoms with Crippen LogP contribution in [0.25, 0.3) is 0 Å². The van der Waals surface area contributed by atoms with Crippen molar-refractivity contribution in [3.63, 3.8) is 0 Å². The first-order valence-electron chi connectivity index (χ1n) is 5.12. The zero-order valence-corrected chi connectivity index (χ0v) is 8.69. The van der Waals surface area contributed by atoms with Gasteiger partial charge in [-0.1, -0.05) is 30.3 Å². The summed E-state index contributed by atoms with van der Waals surface area (Å²) in [6.45, 7) is 0.937. The highest BCUT2D eigenvalue weighted by atomic mass is 16.5. The van der Waals surface area contributed by atoms with Crippen molar-refractivity contribution < 1.29 is 14.6 Å². The average Bonchev–Trinajstić information content (AvgIpc) is 2.24. The molecule has 0 aliphatic heterocycles. The molecule has 1 N–H and O–H groups in total. The monoisotopic (exact) mass is 208 g/mol. The fourth-order valence-corrected chi connectivity index (χ4v) is 1.28. The van der Waals surface area contributed by atoms with E-state index in [1.165, 1.54) is 5.56 Å². The van der Waals surface area contributed by atoms with Gasteiger partial charge in [-0.3, -0.25) is 4.79 Å². The normalized spacial score (nSPS) is 10.1. The van der Waals surface area contributed by atoms with Crippen LogP contribution >= 0.6 is 0 Å². The molecule has 1 rings (SSSR count).